The molecule has 31 heavy (non-hydrogen) atoms. The summed E-state index contributed by atoms with van der Waals surface area (Å²) in [5.41, 5.74) is 3.23. The summed E-state index contributed by atoms with van der Waals surface area (Å²) in [5.74, 6) is -0.406. The minimum absolute atomic E-state index is 0.0293. The number of amides is 3. The fourth-order valence-corrected chi connectivity index (χ4v) is 3.66. The van der Waals surface area contributed by atoms with E-state index in [-0.39, 0.29) is 29.6 Å². The van der Waals surface area contributed by atoms with Gasteiger partial charge < -0.3 is 16.0 Å². The van der Waals surface area contributed by atoms with Crippen LogP contribution in [0.15, 0.2) is 42.5 Å². The van der Waals surface area contributed by atoms with Crippen LogP contribution in [-0.2, 0) is 9.59 Å². The lowest BCUT2D eigenvalue weighted by Crippen LogP contribution is -2.24. The molecule has 0 bridgehead atoms. The molecule has 6 nitrogen and oxygen atoms in total. The van der Waals surface area contributed by atoms with Gasteiger partial charge in [-0.15, -0.1) is 0 Å². The molecule has 164 valence electrons. The van der Waals surface area contributed by atoms with E-state index in [9.17, 15) is 14.4 Å². The van der Waals surface area contributed by atoms with Gasteiger partial charge in [-0.3, -0.25) is 14.4 Å². The third kappa shape index (κ3) is 6.17. The molecule has 1 aliphatic carbocycles. The molecule has 0 spiro atoms. The number of benzene rings is 2. The number of nitrogens with one attached hydrogen (secondary N) is 3. The standard InChI is InChI=1S/C25H31N3O3/c1-16(2)23(29)26-21-13-12-17(3)22(15-21)28-25(31)19-10-7-11-20(14-19)27-24(30)18-8-5-4-6-9-18/h7,10-16,18H,4-6,8-9H2,1-3H3,(H,26,29)(H,27,30)(H,28,31). The van der Waals surface area contributed by atoms with Crippen molar-refractivity contribution < 1.29 is 14.4 Å². The maximum Gasteiger partial charge on any atom is 0.255 e. The van der Waals surface area contributed by atoms with E-state index in [1.54, 1.807) is 30.3 Å². The molecule has 1 aliphatic rings. The van der Waals surface area contributed by atoms with Crippen LogP contribution in [0, 0.1) is 18.8 Å². The normalized spacial score (nSPS) is 14.2. The summed E-state index contributed by atoms with van der Waals surface area (Å²) < 4.78 is 0. The van der Waals surface area contributed by atoms with Gasteiger partial charge in [0.05, 0.1) is 0 Å². The topological polar surface area (TPSA) is 87.3 Å². The Morgan fingerprint density at radius 2 is 1.58 bits per heavy atom. The Bertz CT molecular complexity index is 962. The number of rotatable bonds is 6. The van der Waals surface area contributed by atoms with Crippen LogP contribution in [0.3, 0.4) is 0 Å². The minimum atomic E-state index is -0.274. The van der Waals surface area contributed by atoms with Crippen molar-refractivity contribution in [3.8, 4) is 0 Å². The van der Waals surface area contributed by atoms with Gasteiger partial charge >= 0.3 is 0 Å². The second-order valence-electron chi connectivity index (χ2n) is 8.53. The first-order valence-corrected chi connectivity index (χ1v) is 11.0. The van der Waals surface area contributed by atoms with Crippen LogP contribution in [-0.4, -0.2) is 17.7 Å². The van der Waals surface area contributed by atoms with Crippen LogP contribution in [0.4, 0.5) is 17.1 Å². The molecule has 3 rings (SSSR count). The summed E-state index contributed by atoms with van der Waals surface area (Å²) in [7, 11) is 0. The van der Waals surface area contributed by atoms with E-state index in [2.05, 4.69) is 16.0 Å². The van der Waals surface area contributed by atoms with Gasteiger partial charge in [0.15, 0.2) is 0 Å². The Balaban J connectivity index is 1.68. The molecule has 2 aromatic rings. The quantitative estimate of drug-likeness (QED) is 0.587. The summed E-state index contributed by atoms with van der Waals surface area (Å²) in [5, 5.41) is 8.71. The number of anilines is 3. The smallest absolute Gasteiger partial charge is 0.255 e. The summed E-state index contributed by atoms with van der Waals surface area (Å²) in [6.07, 6.45) is 5.23. The third-order valence-corrected chi connectivity index (χ3v) is 5.65. The first kappa shape index (κ1) is 22.5. The van der Waals surface area contributed by atoms with E-state index in [0.29, 0.717) is 22.6 Å². The van der Waals surface area contributed by atoms with E-state index in [1.165, 1.54) is 6.42 Å². The molecule has 0 aromatic heterocycles. The van der Waals surface area contributed by atoms with Crippen LogP contribution in [0.1, 0.15) is 61.9 Å². The summed E-state index contributed by atoms with van der Waals surface area (Å²) in [4.78, 5) is 37.3. The second kappa shape index (κ2) is 10.2. The zero-order valence-corrected chi connectivity index (χ0v) is 18.5. The van der Waals surface area contributed by atoms with E-state index >= 15 is 0 Å². The largest absolute Gasteiger partial charge is 0.326 e. The van der Waals surface area contributed by atoms with Crippen LogP contribution >= 0.6 is 0 Å². The van der Waals surface area contributed by atoms with Crippen LogP contribution < -0.4 is 16.0 Å². The van der Waals surface area contributed by atoms with Gasteiger partial charge in [0.2, 0.25) is 11.8 Å². The molecule has 3 amide bonds. The fourth-order valence-electron chi connectivity index (χ4n) is 3.66. The lowest BCUT2D eigenvalue weighted by Gasteiger charge is -2.20. The highest BCUT2D eigenvalue weighted by atomic mass is 16.2. The maximum atomic E-state index is 12.8. The minimum Gasteiger partial charge on any atom is -0.326 e. The van der Waals surface area contributed by atoms with Crippen molar-refractivity contribution in [3.63, 3.8) is 0 Å². The number of aryl methyl sites for hydroxylation is 1. The van der Waals surface area contributed by atoms with Crippen molar-refractivity contribution in [2.75, 3.05) is 16.0 Å². The van der Waals surface area contributed by atoms with Crippen molar-refractivity contribution in [1.29, 1.82) is 0 Å². The summed E-state index contributed by atoms with van der Waals surface area (Å²) >= 11 is 0. The molecule has 0 heterocycles. The molecule has 0 unspecified atom stereocenters. The molecule has 0 saturated heterocycles. The van der Waals surface area contributed by atoms with Gasteiger partial charge in [-0.25, -0.2) is 0 Å². The van der Waals surface area contributed by atoms with Gasteiger partial charge in [0, 0.05) is 34.5 Å². The molecule has 1 fully saturated rings. The van der Waals surface area contributed by atoms with Crippen molar-refractivity contribution >= 4 is 34.8 Å². The third-order valence-electron chi connectivity index (χ3n) is 5.65. The molecule has 6 heteroatoms. The van der Waals surface area contributed by atoms with E-state index in [4.69, 9.17) is 0 Å². The number of hydrogen-bond acceptors (Lipinski definition) is 3. The summed E-state index contributed by atoms with van der Waals surface area (Å²) in [6, 6.07) is 12.4. The number of carbonyl (C=O) groups is 3. The number of carbonyl (C=O) groups excluding carboxylic acids is 3. The molecule has 1 saturated carbocycles. The van der Waals surface area contributed by atoms with Crippen molar-refractivity contribution in [2.45, 2.75) is 52.9 Å². The molecule has 0 atom stereocenters. The Morgan fingerprint density at radius 1 is 0.871 bits per heavy atom. The van der Waals surface area contributed by atoms with E-state index in [0.717, 1.165) is 31.2 Å². The van der Waals surface area contributed by atoms with Crippen molar-refractivity contribution in [1.82, 2.24) is 0 Å². The monoisotopic (exact) mass is 421 g/mol. The Hall–Kier alpha value is -3.15. The predicted molar refractivity (Wildman–Crippen MR) is 124 cm³/mol. The van der Waals surface area contributed by atoms with E-state index < -0.39 is 0 Å². The Morgan fingerprint density at radius 3 is 2.29 bits per heavy atom. The van der Waals surface area contributed by atoms with Crippen molar-refractivity contribution in [3.05, 3.63) is 53.6 Å². The number of hydrogen-bond donors (Lipinski definition) is 3. The van der Waals surface area contributed by atoms with Crippen molar-refractivity contribution in [2.24, 2.45) is 11.8 Å². The average molecular weight is 422 g/mol. The highest BCUT2D eigenvalue weighted by Gasteiger charge is 2.21. The van der Waals surface area contributed by atoms with Crippen LogP contribution in [0.25, 0.3) is 0 Å². The molecule has 0 aliphatic heterocycles. The van der Waals surface area contributed by atoms with Crippen LogP contribution in [0.5, 0.6) is 0 Å². The maximum absolute atomic E-state index is 12.8. The zero-order chi connectivity index (χ0) is 22.4. The second-order valence-corrected chi connectivity index (χ2v) is 8.53. The molecule has 2 aromatic carbocycles. The molecular weight excluding hydrogens is 390 g/mol. The predicted octanol–water partition coefficient (Wildman–Crippen LogP) is 5.36. The SMILES string of the molecule is Cc1ccc(NC(=O)C(C)C)cc1NC(=O)c1cccc(NC(=O)C2CCCCC2)c1. The lowest BCUT2D eigenvalue weighted by atomic mass is 9.88. The van der Waals surface area contributed by atoms with Gasteiger partial charge in [-0.2, -0.15) is 0 Å². The van der Waals surface area contributed by atoms with Gasteiger partial charge in [-0.1, -0.05) is 45.2 Å². The Labute approximate surface area is 183 Å². The first-order chi connectivity index (χ1) is 14.8. The molecule has 3 N–H and O–H groups in total. The molecule has 0 radical (unpaired) electrons. The highest BCUT2D eigenvalue weighted by Crippen LogP contribution is 2.26. The van der Waals surface area contributed by atoms with Gasteiger partial charge in [-0.05, 0) is 55.7 Å². The summed E-state index contributed by atoms with van der Waals surface area (Å²) in [6.45, 7) is 5.54. The highest BCUT2D eigenvalue weighted by molar-refractivity contribution is 6.06. The van der Waals surface area contributed by atoms with Crippen LogP contribution in [0.2, 0.25) is 0 Å². The molecular formula is C25H31N3O3. The van der Waals surface area contributed by atoms with Gasteiger partial charge in [0.1, 0.15) is 0 Å². The Kier molecular flexibility index (Phi) is 7.45. The first-order valence-electron chi connectivity index (χ1n) is 11.0. The van der Waals surface area contributed by atoms with E-state index in [1.807, 2.05) is 32.9 Å². The average Bonchev–Trinajstić information content (AvgIpc) is 2.76. The fraction of sp³-hybridized carbons (Fsp3) is 0.400. The van der Waals surface area contributed by atoms with Gasteiger partial charge in [0.25, 0.3) is 5.91 Å². The zero-order valence-electron chi connectivity index (χ0n) is 18.5. The lowest BCUT2D eigenvalue weighted by molar-refractivity contribution is -0.121.